The monoisotopic (exact) mass is 272 g/mol. The molecule has 0 aliphatic rings. The van der Waals surface area contributed by atoms with Crippen LogP contribution in [-0.2, 0) is 7.05 Å². The van der Waals surface area contributed by atoms with Crippen molar-refractivity contribution in [1.29, 1.82) is 0 Å². The van der Waals surface area contributed by atoms with Crippen LogP contribution in [0.25, 0.3) is 10.9 Å². The van der Waals surface area contributed by atoms with Gasteiger partial charge in [-0.3, -0.25) is 0 Å². The first-order valence-electron chi connectivity index (χ1n) is 5.92. The second kappa shape index (κ2) is 4.55. The Kier molecular flexibility index (Phi) is 2.87. The molecule has 0 bridgehead atoms. The molecule has 4 nitrogen and oxygen atoms in total. The molecule has 0 N–H and O–H groups in total. The van der Waals surface area contributed by atoms with Crippen molar-refractivity contribution >= 4 is 34.0 Å². The number of nitrogens with zero attached hydrogens (tertiary/aromatic N) is 4. The summed E-state index contributed by atoms with van der Waals surface area (Å²) >= 11 is 5.82. The van der Waals surface area contributed by atoms with Crippen LogP contribution in [0.1, 0.15) is 0 Å². The van der Waals surface area contributed by atoms with E-state index in [1.54, 1.807) is 6.20 Å². The maximum atomic E-state index is 5.82. The van der Waals surface area contributed by atoms with Crippen molar-refractivity contribution in [3.8, 4) is 0 Å². The summed E-state index contributed by atoms with van der Waals surface area (Å²) in [6.45, 7) is 0. The molecule has 0 radical (unpaired) electrons. The second-order valence-electron chi connectivity index (χ2n) is 4.41. The molecule has 96 valence electrons. The van der Waals surface area contributed by atoms with Crippen LogP contribution in [0.2, 0.25) is 5.28 Å². The van der Waals surface area contributed by atoms with Crippen molar-refractivity contribution in [2.75, 3.05) is 11.9 Å². The van der Waals surface area contributed by atoms with Crippen LogP contribution in [0.5, 0.6) is 0 Å². The first-order valence-corrected chi connectivity index (χ1v) is 6.30. The first-order chi connectivity index (χ1) is 9.15. The van der Waals surface area contributed by atoms with E-state index in [-0.39, 0.29) is 5.28 Å². The van der Waals surface area contributed by atoms with E-state index < -0.39 is 0 Å². The lowest BCUT2D eigenvalue weighted by molar-refractivity contribution is 0.969. The Balaban J connectivity index is 2.03. The standard InChI is InChI=1S/C14H13ClN4/c1-18-8-6-10-9-11(3-4-12(10)18)19(2)13-5-7-16-14(15)17-13/h3-9H,1-2H3. The highest BCUT2D eigenvalue weighted by Gasteiger charge is 2.08. The molecule has 0 atom stereocenters. The van der Waals surface area contributed by atoms with E-state index in [9.17, 15) is 0 Å². The van der Waals surface area contributed by atoms with Gasteiger partial charge >= 0.3 is 0 Å². The first kappa shape index (κ1) is 12.0. The predicted octanol–water partition coefficient (Wildman–Crippen LogP) is 3.39. The molecule has 3 rings (SSSR count). The van der Waals surface area contributed by atoms with Gasteiger partial charge in [-0.05, 0) is 41.9 Å². The Morgan fingerprint density at radius 3 is 2.84 bits per heavy atom. The van der Waals surface area contributed by atoms with Crippen molar-refractivity contribution in [3.63, 3.8) is 0 Å². The van der Waals surface area contributed by atoms with Gasteiger partial charge in [0.25, 0.3) is 0 Å². The van der Waals surface area contributed by atoms with Crippen LogP contribution in [0.15, 0.2) is 42.7 Å². The fourth-order valence-electron chi connectivity index (χ4n) is 2.12. The third kappa shape index (κ3) is 2.15. The fraction of sp³-hybridized carbons (Fsp3) is 0.143. The number of aryl methyl sites for hydroxylation is 1. The molecule has 2 heterocycles. The molecule has 0 amide bonds. The van der Waals surface area contributed by atoms with Gasteiger partial charge in [-0.15, -0.1) is 0 Å². The van der Waals surface area contributed by atoms with Gasteiger partial charge in [0.05, 0.1) is 0 Å². The molecule has 5 heteroatoms. The number of aromatic nitrogens is 3. The zero-order valence-corrected chi connectivity index (χ0v) is 11.5. The van der Waals surface area contributed by atoms with E-state index >= 15 is 0 Å². The number of rotatable bonds is 2. The normalized spacial score (nSPS) is 10.9. The zero-order valence-electron chi connectivity index (χ0n) is 10.7. The van der Waals surface area contributed by atoms with E-state index in [2.05, 4.69) is 45.0 Å². The average molecular weight is 273 g/mol. The molecule has 0 unspecified atom stereocenters. The van der Waals surface area contributed by atoms with Crippen LogP contribution in [0.3, 0.4) is 0 Å². The molecular weight excluding hydrogens is 260 g/mol. The van der Waals surface area contributed by atoms with Crippen molar-refractivity contribution in [2.45, 2.75) is 0 Å². The Labute approximate surface area is 116 Å². The maximum Gasteiger partial charge on any atom is 0.224 e. The molecular formula is C14H13ClN4. The summed E-state index contributed by atoms with van der Waals surface area (Å²) in [5, 5.41) is 1.46. The number of halogens is 1. The summed E-state index contributed by atoms with van der Waals surface area (Å²) in [6, 6.07) is 10.2. The third-order valence-electron chi connectivity index (χ3n) is 3.21. The molecule has 2 aromatic heterocycles. The molecule has 0 saturated heterocycles. The number of benzene rings is 1. The van der Waals surface area contributed by atoms with Gasteiger partial charge in [-0.25, -0.2) is 9.97 Å². The number of fused-ring (bicyclic) bond motifs is 1. The largest absolute Gasteiger partial charge is 0.351 e. The predicted molar refractivity (Wildman–Crippen MR) is 78.0 cm³/mol. The summed E-state index contributed by atoms with van der Waals surface area (Å²) in [5.41, 5.74) is 2.27. The topological polar surface area (TPSA) is 34.0 Å². The van der Waals surface area contributed by atoms with Crippen LogP contribution in [0.4, 0.5) is 11.5 Å². The SMILES string of the molecule is CN(c1ccc2c(ccn2C)c1)c1ccnc(Cl)n1. The fourth-order valence-corrected chi connectivity index (χ4v) is 2.27. The van der Waals surface area contributed by atoms with E-state index in [1.165, 1.54) is 10.9 Å². The highest BCUT2D eigenvalue weighted by Crippen LogP contribution is 2.26. The Hall–Kier alpha value is -2.07. The Bertz CT molecular complexity index is 735. The molecule has 0 spiro atoms. The zero-order chi connectivity index (χ0) is 13.4. The van der Waals surface area contributed by atoms with Crippen LogP contribution >= 0.6 is 11.6 Å². The highest BCUT2D eigenvalue weighted by molar-refractivity contribution is 6.28. The summed E-state index contributed by atoms with van der Waals surface area (Å²) in [7, 11) is 4.00. The molecule has 3 aromatic rings. The van der Waals surface area contributed by atoms with Gasteiger partial charge in [-0.1, -0.05) is 0 Å². The third-order valence-corrected chi connectivity index (χ3v) is 3.39. The quantitative estimate of drug-likeness (QED) is 0.671. The van der Waals surface area contributed by atoms with E-state index in [4.69, 9.17) is 11.6 Å². The summed E-state index contributed by atoms with van der Waals surface area (Å²) in [6.07, 6.45) is 3.71. The molecule has 0 fully saturated rings. The maximum absolute atomic E-state index is 5.82. The number of hydrogen-bond acceptors (Lipinski definition) is 3. The average Bonchev–Trinajstić information content (AvgIpc) is 2.79. The van der Waals surface area contributed by atoms with Gasteiger partial charge in [0.2, 0.25) is 5.28 Å². The van der Waals surface area contributed by atoms with E-state index in [0.29, 0.717) is 0 Å². The van der Waals surface area contributed by atoms with Crippen molar-refractivity contribution in [3.05, 3.63) is 48.0 Å². The second-order valence-corrected chi connectivity index (χ2v) is 4.75. The van der Waals surface area contributed by atoms with Crippen molar-refractivity contribution in [1.82, 2.24) is 14.5 Å². The lowest BCUT2D eigenvalue weighted by Crippen LogP contribution is -2.11. The highest BCUT2D eigenvalue weighted by atomic mass is 35.5. The lowest BCUT2D eigenvalue weighted by Gasteiger charge is -2.18. The summed E-state index contributed by atoms with van der Waals surface area (Å²) in [5.74, 6) is 0.773. The minimum Gasteiger partial charge on any atom is -0.351 e. The van der Waals surface area contributed by atoms with Gasteiger partial charge < -0.3 is 9.47 Å². The smallest absolute Gasteiger partial charge is 0.224 e. The number of anilines is 2. The van der Waals surface area contributed by atoms with Crippen molar-refractivity contribution in [2.24, 2.45) is 7.05 Å². The van der Waals surface area contributed by atoms with Crippen molar-refractivity contribution < 1.29 is 0 Å². The molecule has 0 saturated carbocycles. The number of hydrogen-bond donors (Lipinski definition) is 0. The van der Waals surface area contributed by atoms with Crippen LogP contribution in [-0.4, -0.2) is 21.6 Å². The Morgan fingerprint density at radius 2 is 2.05 bits per heavy atom. The van der Waals surface area contributed by atoms with Gasteiger partial charge in [0, 0.05) is 43.1 Å². The van der Waals surface area contributed by atoms with Gasteiger partial charge in [0.1, 0.15) is 5.82 Å². The molecule has 0 aliphatic heterocycles. The lowest BCUT2D eigenvalue weighted by atomic mass is 10.2. The molecule has 0 aliphatic carbocycles. The summed E-state index contributed by atoms with van der Waals surface area (Å²) < 4.78 is 2.10. The van der Waals surface area contributed by atoms with Crippen LogP contribution in [0, 0.1) is 0 Å². The molecule has 1 aromatic carbocycles. The minimum atomic E-state index is 0.255. The molecule has 19 heavy (non-hydrogen) atoms. The van der Waals surface area contributed by atoms with E-state index in [1.807, 2.05) is 25.1 Å². The van der Waals surface area contributed by atoms with Gasteiger partial charge in [0.15, 0.2) is 0 Å². The van der Waals surface area contributed by atoms with Crippen LogP contribution < -0.4 is 4.90 Å². The minimum absolute atomic E-state index is 0.255. The van der Waals surface area contributed by atoms with E-state index in [0.717, 1.165) is 11.5 Å². The summed E-state index contributed by atoms with van der Waals surface area (Å²) in [4.78, 5) is 10.1. The Morgan fingerprint density at radius 1 is 1.21 bits per heavy atom. The van der Waals surface area contributed by atoms with Gasteiger partial charge in [-0.2, -0.15) is 0 Å².